The van der Waals surface area contributed by atoms with Crippen molar-refractivity contribution in [3.8, 4) is 11.5 Å². The van der Waals surface area contributed by atoms with Gasteiger partial charge in [-0.3, -0.25) is 4.79 Å². The molecule has 0 unspecified atom stereocenters. The first-order valence-corrected chi connectivity index (χ1v) is 8.68. The van der Waals surface area contributed by atoms with Crippen LogP contribution < -0.4 is 9.47 Å². The molecule has 1 aliphatic heterocycles. The van der Waals surface area contributed by atoms with Gasteiger partial charge >= 0.3 is 6.09 Å². The Kier molecular flexibility index (Phi) is 6.29. The molecule has 0 bridgehead atoms. The van der Waals surface area contributed by atoms with Gasteiger partial charge in [0.2, 0.25) is 5.91 Å². The average molecular weight is 361 g/mol. The number of hydrogen-bond donors (Lipinski definition) is 0. The SMILES string of the molecule is C=CC[C@H](C(=O)N1C(=O)OC[C@@H]1C(C)C)c1cc(C)c(OC)c(OC)c1. The van der Waals surface area contributed by atoms with E-state index in [-0.39, 0.29) is 24.5 Å². The lowest BCUT2D eigenvalue weighted by molar-refractivity contribution is -0.131. The van der Waals surface area contributed by atoms with Crippen molar-refractivity contribution in [2.24, 2.45) is 5.92 Å². The number of hydrogen-bond acceptors (Lipinski definition) is 5. The quantitative estimate of drug-likeness (QED) is 0.693. The number of carbonyl (C=O) groups excluding carboxylic acids is 2. The summed E-state index contributed by atoms with van der Waals surface area (Å²) in [6.07, 6.45) is 1.50. The zero-order chi connectivity index (χ0) is 19.4. The van der Waals surface area contributed by atoms with Crippen LogP contribution in [-0.4, -0.2) is 43.8 Å². The maximum Gasteiger partial charge on any atom is 0.417 e. The van der Waals surface area contributed by atoms with Gasteiger partial charge in [-0.25, -0.2) is 9.69 Å². The first kappa shape index (κ1) is 19.8. The number of cyclic esters (lactones) is 1. The largest absolute Gasteiger partial charge is 0.493 e. The molecular formula is C20H27NO5. The second-order valence-corrected chi connectivity index (χ2v) is 6.75. The van der Waals surface area contributed by atoms with Gasteiger partial charge < -0.3 is 14.2 Å². The van der Waals surface area contributed by atoms with Gasteiger partial charge in [-0.2, -0.15) is 0 Å². The van der Waals surface area contributed by atoms with Crippen LogP contribution in [0.4, 0.5) is 4.79 Å². The number of methoxy groups -OCH3 is 2. The molecule has 1 aromatic carbocycles. The first-order valence-electron chi connectivity index (χ1n) is 8.68. The molecule has 1 aliphatic rings. The van der Waals surface area contributed by atoms with Crippen LogP contribution in [0.2, 0.25) is 0 Å². The number of nitrogens with zero attached hydrogens (tertiary/aromatic N) is 1. The summed E-state index contributed by atoms with van der Waals surface area (Å²) in [5.41, 5.74) is 1.61. The topological polar surface area (TPSA) is 65.1 Å². The third-order valence-corrected chi connectivity index (χ3v) is 4.70. The minimum atomic E-state index is -0.583. The monoisotopic (exact) mass is 361 g/mol. The molecule has 0 spiro atoms. The second-order valence-electron chi connectivity index (χ2n) is 6.75. The smallest absolute Gasteiger partial charge is 0.417 e. The highest BCUT2D eigenvalue weighted by molar-refractivity contribution is 5.97. The minimum absolute atomic E-state index is 0.113. The number of amides is 2. The fourth-order valence-electron chi connectivity index (χ4n) is 3.28. The molecular weight excluding hydrogens is 334 g/mol. The maximum absolute atomic E-state index is 13.2. The van der Waals surface area contributed by atoms with Crippen molar-refractivity contribution < 1.29 is 23.8 Å². The lowest BCUT2D eigenvalue weighted by atomic mass is 9.91. The predicted octanol–water partition coefficient (Wildman–Crippen LogP) is 3.68. The van der Waals surface area contributed by atoms with E-state index < -0.39 is 12.0 Å². The van der Waals surface area contributed by atoms with Crippen molar-refractivity contribution in [2.45, 2.75) is 39.2 Å². The van der Waals surface area contributed by atoms with E-state index in [1.165, 1.54) is 4.90 Å². The van der Waals surface area contributed by atoms with Gasteiger partial charge in [0.15, 0.2) is 11.5 Å². The summed E-state index contributed by atoms with van der Waals surface area (Å²) in [7, 11) is 3.13. The zero-order valence-electron chi connectivity index (χ0n) is 16.1. The van der Waals surface area contributed by atoms with E-state index in [4.69, 9.17) is 14.2 Å². The molecule has 1 heterocycles. The highest BCUT2D eigenvalue weighted by Gasteiger charge is 2.42. The van der Waals surface area contributed by atoms with Crippen LogP contribution in [0.25, 0.3) is 0 Å². The third-order valence-electron chi connectivity index (χ3n) is 4.70. The Bertz CT molecular complexity index is 698. The molecule has 142 valence electrons. The molecule has 0 aliphatic carbocycles. The van der Waals surface area contributed by atoms with Crippen molar-refractivity contribution in [1.29, 1.82) is 0 Å². The Morgan fingerprint density at radius 2 is 2.08 bits per heavy atom. The molecule has 6 nitrogen and oxygen atoms in total. The summed E-state index contributed by atoms with van der Waals surface area (Å²) in [5, 5.41) is 0. The van der Waals surface area contributed by atoms with E-state index in [1.54, 1.807) is 26.4 Å². The molecule has 2 atom stereocenters. The van der Waals surface area contributed by atoms with Crippen LogP contribution in [-0.2, 0) is 9.53 Å². The predicted molar refractivity (Wildman–Crippen MR) is 98.7 cm³/mol. The zero-order valence-corrected chi connectivity index (χ0v) is 16.1. The maximum atomic E-state index is 13.2. The molecule has 6 heteroatoms. The third kappa shape index (κ3) is 3.69. The lowest BCUT2D eigenvalue weighted by Gasteiger charge is -2.27. The fraction of sp³-hybridized carbons (Fsp3) is 0.500. The van der Waals surface area contributed by atoms with Gasteiger partial charge in [-0.05, 0) is 36.5 Å². The van der Waals surface area contributed by atoms with Crippen molar-refractivity contribution in [1.82, 2.24) is 4.90 Å². The van der Waals surface area contributed by atoms with Crippen molar-refractivity contribution in [3.05, 3.63) is 35.9 Å². The van der Waals surface area contributed by atoms with E-state index in [2.05, 4.69) is 6.58 Å². The second kappa shape index (κ2) is 8.25. The number of benzene rings is 1. The van der Waals surface area contributed by atoms with E-state index in [0.717, 1.165) is 11.1 Å². The summed E-state index contributed by atoms with van der Waals surface area (Å²) in [6.45, 7) is 9.82. The van der Waals surface area contributed by atoms with Crippen LogP contribution in [0.15, 0.2) is 24.8 Å². The number of allylic oxidation sites excluding steroid dienone is 1. The Balaban J connectivity index is 2.45. The number of imide groups is 1. The number of aryl methyl sites for hydroxylation is 1. The number of ether oxygens (including phenoxy) is 3. The standard InChI is InChI=1S/C20H27NO5/c1-7-8-15(14-9-13(4)18(25-6)17(10-14)24-5)19(22)21-16(12(2)3)11-26-20(21)23/h7,9-10,12,15-16H,1,8,11H2,2-6H3/t15-,16+/m0/s1. The van der Waals surface area contributed by atoms with Gasteiger partial charge in [-0.1, -0.05) is 26.0 Å². The molecule has 0 N–H and O–H groups in total. The summed E-state index contributed by atoms with van der Waals surface area (Å²) < 4.78 is 15.9. The van der Waals surface area contributed by atoms with Gasteiger partial charge in [0.05, 0.1) is 26.2 Å². The van der Waals surface area contributed by atoms with E-state index in [0.29, 0.717) is 17.9 Å². The Labute approximate surface area is 154 Å². The average Bonchev–Trinajstić information content (AvgIpc) is 3.00. The minimum Gasteiger partial charge on any atom is -0.493 e. The Morgan fingerprint density at radius 1 is 1.38 bits per heavy atom. The van der Waals surface area contributed by atoms with Crippen LogP contribution in [0.3, 0.4) is 0 Å². The molecule has 1 fully saturated rings. The Morgan fingerprint density at radius 3 is 2.62 bits per heavy atom. The highest BCUT2D eigenvalue weighted by atomic mass is 16.6. The molecule has 0 aromatic heterocycles. The van der Waals surface area contributed by atoms with Gasteiger partial charge in [0, 0.05) is 0 Å². The fourth-order valence-corrected chi connectivity index (χ4v) is 3.28. The summed E-state index contributed by atoms with van der Waals surface area (Å²) in [5.74, 6) is 0.466. The lowest BCUT2D eigenvalue weighted by Crippen LogP contribution is -2.44. The van der Waals surface area contributed by atoms with E-state index in [1.807, 2.05) is 26.8 Å². The molecule has 1 aromatic rings. The summed E-state index contributed by atoms with van der Waals surface area (Å²) >= 11 is 0. The molecule has 2 amide bonds. The first-order chi connectivity index (χ1) is 12.3. The van der Waals surface area contributed by atoms with E-state index in [9.17, 15) is 9.59 Å². The van der Waals surface area contributed by atoms with Crippen LogP contribution in [0, 0.1) is 12.8 Å². The molecule has 0 saturated carbocycles. The summed E-state index contributed by atoms with van der Waals surface area (Å²) in [6, 6.07) is 3.41. The van der Waals surface area contributed by atoms with E-state index >= 15 is 0 Å². The van der Waals surface area contributed by atoms with Crippen molar-refractivity contribution >= 4 is 12.0 Å². The molecule has 1 saturated heterocycles. The van der Waals surface area contributed by atoms with Crippen LogP contribution in [0.1, 0.15) is 37.3 Å². The van der Waals surface area contributed by atoms with Gasteiger partial charge in [-0.15, -0.1) is 6.58 Å². The van der Waals surface area contributed by atoms with Crippen molar-refractivity contribution in [3.63, 3.8) is 0 Å². The highest BCUT2D eigenvalue weighted by Crippen LogP contribution is 2.37. The normalized spacial score (nSPS) is 17.8. The van der Waals surface area contributed by atoms with Gasteiger partial charge in [0.1, 0.15) is 6.61 Å². The van der Waals surface area contributed by atoms with Crippen molar-refractivity contribution in [2.75, 3.05) is 20.8 Å². The van der Waals surface area contributed by atoms with Crippen LogP contribution in [0.5, 0.6) is 11.5 Å². The number of carbonyl (C=O) groups is 2. The Hall–Kier alpha value is -2.50. The van der Waals surface area contributed by atoms with Gasteiger partial charge in [0.25, 0.3) is 0 Å². The van der Waals surface area contributed by atoms with Crippen LogP contribution >= 0.6 is 0 Å². The molecule has 0 radical (unpaired) electrons. The molecule has 26 heavy (non-hydrogen) atoms. The number of rotatable bonds is 7. The molecule has 2 rings (SSSR count). The summed E-state index contributed by atoms with van der Waals surface area (Å²) in [4.78, 5) is 26.7.